The van der Waals surface area contributed by atoms with Gasteiger partial charge in [-0.25, -0.2) is 0 Å². The van der Waals surface area contributed by atoms with Crippen molar-refractivity contribution in [2.45, 2.75) is 77.6 Å². The van der Waals surface area contributed by atoms with Gasteiger partial charge in [0.05, 0.1) is 0 Å². The number of ether oxygens (including phenoxy) is 1. The molecule has 0 bridgehead atoms. The van der Waals surface area contributed by atoms with Gasteiger partial charge in [0.15, 0.2) is 0 Å². The minimum absolute atomic E-state index is 0.946. The van der Waals surface area contributed by atoms with Gasteiger partial charge in [-0.1, -0.05) is 57.6 Å². The summed E-state index contributed by atoms with van der Waals surface area (Å²) in [5.74, 6) is 1.01. The van der Waals surface area contributed by atoms with E-state index in [1.54, 1.807) is 0 Å². The van der Waals surface area contributed by atoms with Crippen molar-refractivity contribution in [3.63, 3.8) is 0 Å². The van der Waals surface area contributed by atoms with Crippen molar-refractivity contribution in [2.24, 2.45) is 5.92 Å². The highest BCUT2D eigenvalue weighted by atomic mass is 16.5. The molecule has 1 saturated carbocycles. The Labute approximate surface area is 114 Å². The van der Waals surface area contributed by atoms with Crippen molar-refractivity contribution in [3.05, 3.63) is 12.2 Å². The number of hydrogen-bond donors (Lipinski definition) is 0. The SMILES string of the molecule is CCCC=CCCCOCCCC1CCCCC1. The monoisotopic (exact) mass is 252 g/mol. The molecule has 1 fully saturated rings. The molecule has 106 valence electrons. The Balaban J connectivity index is 1.78. The molecule has 0 heterocycles. The van der Waals surface area contributed by atoms with Gasteiger partial charge in [-0.2, -0.15) is 0 Å². The van der Waals surface area contributed by atoms with Gasteiger partial charge in [0.2, 0.25) is 0 Å². The first-order valence-corrected chi connectivity index (χ1v) is 8.16. The van der Waals surface area contributed by atoms with Gasteiger partial charge < -0.3 is 4.74 Å². The molecular weight excluding hydrogens is 220 g/mol. The second-order valence-corrected chi connectivity index (χ2v) is 5.66. The molecule has 0 aliphatic heterocycles. The van der Waals surface area contributed by atoms with Crippen LogP contribution in [0.5, 0.6) is 0 Å². The third-order valence-electron chi connectivity index (χ3n) is 3.91. The first kappa shape index (κ1) is 15.8. The predicted octanol–water partition coefficient (Wildman–Crippen LogP) is 5.50. The highest BCUT2D eigenvalue weighted by molar-refractivity contribution is 4.80. The molecule has 0 spiro atoms. The van der Waals surface area contributed by atoms with E-state index in [1.807, 2.05) is 0 Å². The van der Waals surface area contributed by atoms with Crippen molar-refractivity contribution in [3.8, 4) is 0 Å². The summed E-state index contributed by atoms with van der Waals surface area (Å²) < 4.78 is 5.70. The number of hydrogen-bond acceptors (Lipinski definition) is 1. The van der Waals surface area contributed by atoms with Gasteiger partial charge in [0.1, 0.15) is 0 Å². The molecule has 1 rings (SSSR count). The summed E-state index contributed by atoms with van der Waals surface area (Å²) in [6, 6.07) is 0. The van der Waals surface area contributed by atoms with E-state index in [1.165, 1.54) is 70.6 Å². The lowest BCUT2D eigenvalue weighted by molar-refractivity contribution is 0.123. The van der Waals surface area contributed by atoms with Crippen LogP contribution in [0.3, 0.4) is 0 Å². The van der Waals surface area contributed by atoms with Crippen molar-refractivity contribution >= 4 is 0 Å². The molecule has 0 amide bonds. The van der Waals surface area contributed by atoms with Crippen molar-refractivity contribution in [1.29, 1.82) is 0 Å². The minimum Gasteiger partial charge on any atom is -0.381 e. The summed E-state index contributed by atoms with van der Waals surface area (Å²) in [5.41, 5.74) is 0. The third-order valence-corrected chi connectivity index (χ3v) is 3.91. The molecule has 1 nitrogen and oxygen atoms in total. The van der Waals surface area contributed by atoms with Crippen LogP contribution in [0.1, 0.15) is 77.6 Å². The summed E-state index contributed by atoms with van der Waals surface area (Å²) >= 11 is 0. The Kier molecular flexibility index (Phi) is 10.3. The molecule has 0 aromatic rings. The summed E-state index contributed by atoms with van der Waals surface area (Å²) in [4.78, 5) is 0. The van der Waals surface area contributed by atoms with Crippen LogP contribution in [0.25, 0.3) is 0 Å². The average molecular weight is 252 g/mol. The molecular formula is C17H32O. The highest BCUT2D eigenvalue weighted by Crippen LogP contribution is 2.27. The van der Waals surface area contributed by atoms with Crippen LogP contribution in [0.15, 0.2) is 12.2 Å². The van der Waals surface area contributed by atoms with Crippen molar-refractivity contribution in [1.82, 2.24) is 0 Å². The van der Waals surface area contributed by atoms with Gasteiger partial charge >= 0.3 is 0 Å². The zero-order valence-corrected chi connectivity index (χ0v) is 12.3. The minimum atomic E-state index is 0.946. The van der Waals surface area contributed by atoms with Crippen LogP contribution < -0.4 is 0 Å². The molecule has 0 radical (unpaired) electrons. The summed E-state index contributed by atoms with van der Waals surface area (Å²) in [6.45, 7) is 4.15. The quantitative estimate of drug-likeness (QED) is 0.368. The second-order valence-electron chi connectivity index (χ2n) is 5.66. The van der Waals surface area contributed by atoms with E-state index in [-0.39, 0.29) is 0 Å². The smallest absolute Gasteiger partial charge is 0.0468 e. The van der Waals surface area contributed by atoms with Gasteiger partial charge in [-0.3, -0.25) is 0 Å². The standard InChI is InChI=1S/C17H32O/c1-2-3-4-5-6-10-15-18-16-11-14-17-12-8-7-9-13-17/h4-5,17H,2-3,6-16H2,1H3. The van der Waals surface area contributed by atoms with E-state index in [9.17, 15) is 0 Å². The molecule has 1 aliphatic rings. The largest absolute Gasteiger partial charge is 0.381 e. The maximum atomic E-state index is 5.70. The molecule has 0 atom stereocenters. The van der Waals surface area contributed by atoms with E-state index >= 15 is 0 Å². The zero-order valence-electron chi connectivity index (χ0n) is 12.3. The summed E-state index contributed by atoms with van der Waals surface area (Å²) in [5, 5.41) is 0. The lowest BCUT2D eigenvalue weighted by atomic mass is 9.86. The molecule has 18 heavy (non-hydrogen) atoms. The zero-order chi connectivity index (χ0) is 12.9. The Morgan fingerprint density at radius 1 is 0.944 bits per heavy atom. The Bertz CT molecular complexity index is 192. The fraction of sp³-hybridized carbons (Fsp3) is 0.882. The molecule has 0 aromatic carbocycles. The van der Waals surface area contributed by atoms with Crippen LogP contribution in [0.4, 0.5) is 0 Å². The van der Waals surface area contributed by atoms with Crippen LogP contribution in [-0.4, -0.2) is 13.2 Å². The first-order valence-electron chi connectivity index (χ1n) is 8.16. The Hall–Kier alpha value is -0.300. The number of unbranched alkanes of at least 4 members (excludes halogenated alkanes) is 2. The Morgan fingerprint density at radius 2 is 1.67 bits per heavy atom. The van der Waals surface area contributed by atoms with Crippen LogP contribution in [0, 0.1) is 5.92 Å². The van der Waals surface area contributed by atoms with Crippen molar-refractivity contribution in [2.75, 3.05) is 13.2 Å². The van der Waals surface area contributed by atoms with Crippen LogP contribution in [-0.2, 0) is 4.74 Å². The van der Waals surface area contributed by atoms with E-state index in [0.29, 0.717) is 0 Å². The fourth-order valence-corrected chi connectivity index (χ4v) is 2.76. The van der Waals surface area contributed by atoms with Gasteiger partial charge in [0, 0.05) is 13.2 Å². The summed E-state index contributed by atoms with van der Waals surface area (Å²) in [6.07, 6.45) is 19.5. The average Bonchev–Trinajstić information content (AvgIpc) is 2.42. The predicted molar refractivity (Wildman–Crippen MR) is 79.9 cm³/mol. The third kappa shape index (κ3) is 8.74. The lowest BCUT2D eigenvalue weighted by Crippen LogP contribution is -2.07. The molecule has 0 saturated heterocycles. The van der Waals surface area contributed by atoms with E-state index < -0.39 is 0 Å². The van der Waals surface area contributed by atoms with Crippen LogP contribution >= 0.6 is 0 Å². The summed E-state index contributed by atoms with van der Waals surface area (Å²) in [7, 11) is 0. The molecule has 1 aliphatic carbocycles. The fourth-order valence-electron chi connectivity index (χ4n) is 2.76. The highest BCUT2D eigenvalue weighted by Gasteiger charge is 2.12. The van der Waals surface area contributed by atoms with E-state index in [2.05, 4.69) is 19.1 Å². The molecule has 0 unspecified atom stereocenters. The lowest BCUT2D eigenvalue weighted by Gasteiger charge is -2.21. The normalized spacial score (nSPS) is 17.6. The van der Waals surface area contributed by atoms with Gasteiger partial charge in [-0.05, 0) is 38.0 Å². The van der Waals surface area contributed by atoms with E-state index in [0.717, 1.165) is 19.1 Å². The van der Waals surface area contributed by atoms with Gasteiger partial charge in [-0.15, -0.1) is 0 Å². The number of allylic oxidation sites excluding steroid dienone is 2. The van der Waals surface area contributed by atoms with Crippen LogP contribution in [0.2, 0.25) is 0 Å². The second kappa shape index (κ2) is 11.8. The molecule has 1 heteroatoms. The topological polar surface area (TPSA) is 9.23 Å². The maximum absolute atomic E-state index is 5.70. The number of rotatable bonds is 10. The van der Waals surface area contributed by atoms with Gasteiger partial charge in [0.25, 0.3) is 0 Å². The molecule has 0 aromatic heterocycles. The Morgan fingerprint density at radius 3 is 2.44 bits per heavy atom. The van der Waals surface area contributed by atoms with Crippen molar-refractivity contribution < 1.29 is 4.74 Å². The maximum Gasteiger partial charge on any atom is 0.0468 e. The first-order chi connectivity index (χ1) is 8.93. The van der Waals surface area contributed by atoms with E-state index in [4.69, 9.17) is 4.74 Å². The molecule has 0 N–H and O–H groups in total.